The highest BCUT2D eigenvalue weighted by Crippen LogP contribution is 2.12. The summed E-state index contributed by atoms with van der Waals surface area (Å²) in [5, 5.41) is 0. The van der Waals surface area contributed by atoms with Crippen molar-refractivity contribution in [2.45, 2.75) is 90.9 Å². The average Bonchev–Trinajstić information content (AvgIpc) is 2.53. The molecule has 0 aliphatic carbocycles. The summed E-state index contributed by atoms with van der Waals surface area (Å²) < 4.78 is 4.49. The van der Waals surface area contributed by atoms with Gasteiger partial charge in [0.2, 0.25) is 0 Å². The van der Waals surface area contributed by atoms with Gasteiger partial charge in [-0.25, -0.2) is 0 Å². The molecule has 0 rings (SSSR count). The van der Waals surface area contributed by atoms with Gasteiger partial charge in [-0.2, -0.15) is 0 Å². The fraction of sp³-hybridized carbons (Fsp3) is 0.789. The van der Waals surface area contributed by atoms with Gasteiger partial charge < -0.3 is 10.5 Å². The predicted molar refractivity (Wildman–Crippen MR) is 97.1 cm³/mol. The van der Waals surface area contributed by atoms with Crippen LogP contribution in [0.25, 0.3) is 0 Å². The molecule has 0 saturated heterocycles. The van der Waals surface area contributed by atoms with Crippen molar-refractivity contribution in [3.05, 3.63) is 12.7 Å². The smallest absolute Gasteiger partial charge is 0.327 e. The van der Waals surface area contributed by atoms with Crippen molar-refractivity contribution in [3.8, 4) is 0 Å². The number of rotatable bonds is 13. The van der Waals surface area contributed by atoms with Crippen LogP contribution >= 0.6 is 0 Å². The van der Waals surface area contributed by atoms with Gasteiger partial charge in [0.05, 0.1) is 6.54 Å². The number of carbonyl (C=O) groups excluding carboxylic acids is 2. The Hall–Kier alpha value is -1.16. The second kappa shape index (κ2) is 20.8. The van der Waals surface area contributed by atoms with Crippen molar-refractivity contribution in [1.82, 2.24) is 0 Å². The van der Waals surface area contributed by atoms with Crippen molar-refractivity contribution in [1.29, 1.82) is 0 Å². The van der Waals surface area contributed by atoms with Gasteiger partial charge in [0.25, 0.3) is 0 Å². The minimum absolute atomic E-state index is 0.232. The van der Waals surface area contributed by atoms with Crippen molar-refractivity contribution < 1.29 is 14.3 Å². The number of unbranched alkanes of at least 4 members (excludes halogenated alkanes) is 10. The fourth-order valence-corrected chi connectivity index (χ4v) is 2.15. The van der Waals surface area contributed by atoms with Gasteiger partial charge in [-0.15, -0.1) is 6.58 Å². The van der Waals surface area contributed by atoms with E-state index in [4.69, 9.17) is 5.73 Å². The molecule has 0 spiro atoms. The third kappa shape index (κ3) is 23.2. The van der Waals surface area contributed by atoms with E-state index in [2.05, 4.69) is 18.2 Å². The summed E-state index contributed by atoms with van der Waals surface area (Å²) in [5.41, 5.74) is 5.05. The van der Waals surface area contributed by atoms with E-state index in [1.807, 2.05) is 6.92 Å². The van der Waals surface area contributed by atoms with Crippen molar-refractivity contribution >= 4 is 11.9 Å². The second-order valence-electron chi connectivity index (χ2n) is 5.74. The van der Waals surface area contributed by atoms with Crippen molar-refractivity contribution in [2.75, 3.05) is 6.54 Å². The Balaban J connectivity index is 0. The zero-order valence-corrected chi connectivity index (χ0v) is 15.3. The minimum Gasteiger partial charge on any atom is -0.392 e. The highest BCUT2D eigenvalue weighted by molar-refractivity contribution is 5.86. The van der Waals surface area contributed by atoms with Crippen LogP contribution in [0.1, 0.15) is 90.9 Å². The van der Waals surface area contributed by atoms with Gasteiger partial charge in [-0.3, -0.25) is 9.59 Å². The van der Waals surface area contributed by atoms with E-state index >= 15 is 0 Å². The quantitative estimate of drug-likeness (QED) is 0.226. The van der Waals surface area contributed by atoms with Gasteiger partial charge in [0, 0.05) is 6.42 Å². The molecule has 136 valence electrons. The van der Waals surface area contributed by atoms with Gasteiger partial charge in [0.1, 0.15) is 0 Å². The fourth-order valence-electron chi connectivity index (χ4n) is 2.15. The molecule has 0 unspecified atom stereocenters. The topological polar surface area (TPSA) is 69.4 Å². The van der Waals surface area contributed by atoms with E-state index in [-0.39, 0.29) is 6.54 Å². The van der Waals surface area contributed by atoms with Gasteiger partial charge >= 0.3 is 11.9 Å². The molecular formula is C19H37NO3. The number of allylic oxidation sites excluding steroid dienone is 1. The molecule has 0 fully saturated rings. The van der Waals surface area contributed by atoms with Gasteiger partial charge in [-0.05, 0) is 13.3 Å². The summed E-state index contributed by atoms with van der Waals surface area (Å²) in [4.78, 5) is 21.9. The average molecular weight is 328 g/mol. The first-order valence-corrected chi connectivity index (χ1v) is 9.12. The molecule has 2 N–H and O–H groups in total. The van der Waals surface area contributed by atoms with Gasteiger partial charge in [0.15, 0.2) is 0 Å². The lowest BCUT2D eigenvalue weighted by atomic mass is 10.1. The molecule has 0 radical (unpaired) electrons. The molecule has 4 nitrogen and oxygen atoms in total. The number of carbonyl (C=O) groups is 2. The highest BCUT2D eigenvalue weighted by Gasteiger charge is 2.07. The SMILES string of the molecule is C=CC.CCCCCCCCCCCCCC(=O)OC(=O)CN. The summed E-state index contributed by atoms with van der Waals surface area (Å²) in [6, 6.07) is 0. The van der Waals surface area contributed by atoms with E-state index < -0.39 is 11.9 Å². The molecule has 23 heavy (non-hydrogen) atoms. The van der Waals surface area contributed by atoms with Gasteiger partial charge in [-0.1, -0.05) is 77.2 Å². The van der Waals surface area contributed by atoms with Crippen molar-refractivity contribution in [3.63, 3.8) is 0 Å². The van der Waals surface area contributed by atoms with Crippen LogP contribution in [-0.4, -0.2) is 18.5 Å². The predicted octanol–water partition coefficient (Wildman–Crippen LogP) is 4.91. The second-order valence-corrected chi connectivity index (χ2v) is 5.74. The molecule has 0 aromatic heterocycles. The molecule has 0 saturated carbocycles. The third-order valence-electron chi connectivity index (χ3n) is 3.38. The molecule has 0 aromatic carbocycles. The summed E-state index contributed by atoms with van der Waals surface area (Å²) in [7, 11) is 0. The largest absolute Gasteiger partial charge is 0.392 e. The molecule has 0 bridgehead atoms. The summed E-state index contributed by atoms with van der Waals surface area (Å²) in [6.07, 6.45) is 15.7. The Morgan fingerprint density at radius 2 is 1.26 bits per heavy atom. The maximum Gasteiger partial charge on any atom is 0.327 e. The zero-order valence-electron chi connectivity index (χ0n) is 15.3. The Labute approximate surface area is 142 Å². The number of esters is 2. The maximum absolute atomic E-state index is 11.2. The van der Waals surface area contributed by atoms with Crippen LogP contribution in [0, 0.1) is 0 Å². The first kappa shape index (κ1) is 24.1. The van der Waals surface area contributed by atoms with E-state index in [0.29, 0.717) is 6.42 Å². The first-order valence-electron chi connectivity index (χ1n) is 9.12. The van der Waals surface area contributed by atoms with Crippen LogP contribution in [0.3, 0.4) is 0 Å². The standard InChI is InChI=1S/C16H31NO3.C3H6/c1-2-3-4-5-6-7-8-9-10-11-12-13-15(18)20-16(19)14-17;1-3-2/h2-14,17H2,1H3;3H,1H2,2H3. The normalized spacial score (nSPS) is 9.70. The summed E-state index contributed by atoms with van der Waals surface area (Å²) in [6.45, 7) is 7.26. The van der Waals surface area contributed by atoms with E-state index in [9.17, 15) is 9.59 Å². The monoisotopic (exact) mass is 327 g/mol. The third-order valence-corrected chi connectivity index (χ3v) is 3.38. The van der Waals surface area contributed by atoms with Crippen LogP contribution < -0.4 is 5.73 Å². The first-order chi connectivity index (χ1) is 11.1. The van der Waals surface area contributed by atoms with Crippen LogP contribution in [0.5, 0.6) is 0 Å². The molecular weight excluding hydrogens is 290 g/mol. The molecule has 0 aliphatic heterocycles. The molecule has 0 heterocycles. The molecule has 0 aromatic rings. The Morgan fingerprint density at radius 3 is 1.65 bits per heavy atom. The number of hydrogen-bond donors (Lipinski definition) is 1. The lowest BCUT2D eigenvalue weighted by Gasteiger charge is -2.03. The van der Waals surface area contributed by atoms with E-state index in [0.717, 1.165) is 19.3 Å². The Kier molecular flexibility index (Phi) is 21.8. The zero-order chi connectivity index (χ0) is 17.8. The summed E-state index contributed by atoms with van der Waals surface area (Å²) >= 11 is 0. The Bertz CT molecular complexity index is 290. The molecule has 0 aliphatic rings. The van der Waals surface area contributed by atoms with Crippen LogP contribution in [0.2, 0.25) is 0 Å². The molecule has 0 amide bonds. The van der Waals surface area contributed by atoms with Crippen LogP contribution in [-0.2, 0) is 14.3 Å². The number of ether oxygens (including phenoxy) is 1. The van der Waals surface area contributed by atoms with Crippen LogP contribution in [0.4, 0.5) is 0 Å². The van der Waals surface area contributed by atoms with E-state index in [1.54, 1.807) is 6.08 Å². The maximum atomic E-state index is 11.2. The molecule has 0 atom stereocenters. The summed E-state index contributed by atoms with van der Waals surface area (Å²) in [5.74, 6) is -1.09. The minimum atomic E-state index is -0.641. The number of nitrogens with two attached hydrogens (primary N) is 1. The lowest BCUT2D eigenvalue weighted by Crippen LogP contribution is -2.20. The highest BCUT2D eigenvalue weighted by atomic mass is 16.6. The van der Waals surface area contributed by atoms with E-state index in [1.165, 1.54) is 51.4 Å². The van der Waals surface area contributed by atoms with Crippen molar-refractivity contribution in [2.24, 2.45) is 5.73 Å². The molecule has 4 heteroatoms. The Morgan fingerprint density at radius 1 is 0.870 bits per heavy atom. The number of hydrogen-bond acceptors (Lipinski definition) is 4. The lowest BCUT2D eigenvalue weighted by molar-refractivity contribution is -0.158. The van der Waals surface area contributed by atoms with Crippen LogP contribution in [0.15, 0.2) is 12.7 Å².